The molecule has 0 bridgehead atoms. The van der Waals surface area contributed by atoms with E-state index in [0.717, 1.165) is 5.56 Å². The number of aliphatic hydroxyl groups excluding tert-OH is 3. The highest BCUT2D eigenvalue weighted by Crippen LogP contribution is 2.33. The second kappa shape index (κ2) is 6.16. The molecule has 1 aliphatic rings. The van der Waals surface area contributed by atoms with Gasteiger partial charge in [-0.3, -0.25) is 0 Å². The molecule has 0 spiro atoms. The summed E-state index contributed by atoms with van der Waals surface area (Å²) < 4.78 is 0. The number of halogens is 2. The molecular weight excluding hydrogens is 281 g/mol. The number of hydrogen-bond acceptors (Lipinski definition) is 5. The van der Waals surface area contributed by atoms with Gasteiger partial charge in [0.1, 0.15) is 12.3 Å². The van der Waals surface area contributed by atoms with Gasteiger partial charge in [-0.05, 0) is 24.1 Å². The molecule has 4 N–H and O–H groups in total. The van der Waals surface area contributed by atoms with Gasteiger partial charge in [0.25, 0.3) is 0 Å². The zero-order valence-corrected chi connectivity index (χ0v) is 10.9. The second-order valence-electron chi connectivity index (χ2n) is 4.16. The molecule has 1 aromatic carbocycles. The molecule has 102 valence electrons. The fraction of sp³-hybridized carbons (Fsp3) is 0.455. The molecule has 4 unspecified atom stereocenters. The van der Waals surface area contributed by atoms with Crippen LogP contribution in [0, 0.1) is 0 Å². The van der Waals surface area contributed by atoms with Gasteiger partial charge in [0.2, 0.25) is 0 Å². The number of hydroxylamine groups is 2. The monoisotopic (exact) mass is 295 g/mol. The maximum Gasteiger partial charge on any atom is 0.158 e. The lowest BCUT2D eigenvalue weighted by molar-refractivity contribution is -0.313. The molecule has 2 rings (SSSR count). The van der Waals surface area contributed by atoms with Crippen LogP contribution in [-0.2, 0) is 0 Å². The molecule has 0 amide bonds. The van der Waals surface area contributed by atoms with E-state index in [0.29, 0.717) is 10.1 Å². The van der Waals surface area contributed by atoms with Crippen molar-refractivity contribution >= 4 is 24.0 Å². The minimum atomic E-state index is -1.50. The molecule has 4 atom stereocenters. The smallest absolute Gasteiger partial charge is 0.158 e. The highest BCUT2D eigenvalue weighted by atomic mass is 35.5. The Hall–Kier alpha value is -0.400. The summed E-state index contributed by atoms with van der Waals surface area (Å²) in [6.45, 7) is 0. The Morgan fingerprint density at radius 2 is 1.67 bits per heavy atom. The topological polar surface area (TPSA) is 84.2 Å². The van der Waals surface area contributed by atoms with Crippen LogP contribution in [0.1, 0.15) is 17.9 Å². The van der Waals surface area contributed by atoms with Gasteiger partial charge in [0.15, 0.2) is 6.23 Å². The van der Waals surface area contributed by atoms with E-state index in [1.165, 1.54) is 0 Å². The third-order valence-electron chi connectivity index (χ3n) is 3.06. The average molecular weight is 296 g/mol. The van der Waals surface area contributed by atoms with Gasteiger partial charge in [-0.2, -0.15) is 0 Å². The van der Waals surface area contributed by atoms with E-state index in [1.54, 1.807) is 24.3 Å². The van der Waals surface area contributed by atoms with Crippen molar-refractivity contribution in [3.63, 3.8) is 0 Å². The minimum Gasteiger partial charge on any atom is -0.388 e. The summed E-state index contributed by atoms with van der Waals surface area (Å²) in [5, 5.41) is 39.1. The lowest BCUT2D eigenvalue weighted by Crippen LogP contribution is -2.54. The molecule has 0 saturated carbocycles. The summed E-state index contributed by atoms with van der Waals surface area (Å²) in [4.78, 5) is 0. The van der Waals surface area contributed by atoms with Crippen LogP contribution in [-0.4, -0.2) is 44.1 Å². The van der Waals surface area contributed by atoms with Crippen molar-refractivity contribution in [2.45, 2.75) is 30.9 Å². The maximum atomic E-state index is 9.85. The van der Waals surface area contributed by atoms with Crippen molar-refractivity contribution in [1.82, 2.24) is 5.06 Å². The summed E-state index contributed by atoms with van der Waals surface area (Å²) in [6, 6.07) is 6.80. The number of benzene rings is 1. The normalized spacial score (nSPS) is 32.9. The molecule has 1 saturated heterocycles. The van der Waals surface area contributed by atoms with E-state index in [9.17, 15) is 20.5 Å². The predicted molar refractivity (Wildman–Crippen MR) is 67.7 cm³/mol. The fourth-order valence-electron chi connectivity index (χ4n) is 2.06. The van der Waals surface area contributed by atoms with E-state index >= 15 is 0 Å². The van der Waals surface area contributed by atoms with Gasteiger partial charge in [-0.1, -0.05) is 23.7 Å². The number of aliphatic hydroxyl groups is 3. The van der Waals surface area contributed by atoms with Crippen LogP contribution in [0.15, 0.2) is 24.3 Å². The van der Waals surface area contributed by atoms with Crippen molar-refractivity contribution in [2.75, 3.05) is 0 Å². The lowest BCUT2D eigenvalue weighted by atomic mass is 9.86. The molecular formula is C11H15Cl2NO4. The number of rotatable bonds is 1. The van der Waals surface area contributed by atoms with Crippen molar-refractivity contribution in [3.05, 3.63) is 34.9 Å². The van der Waals surface area contributed by atoms with Crippen LogP contribution in [0.25, 0.3) is 0 Å². The fourth-order valence-corrected chi connectivity index (χ4v) is 2.18. The Morgan fingerprint density at radius 3 is 2.22 bits per heavy atom. The highest BCUT2D eigenvalue weighted by molar-refractivity contribution is 6.30. The summed E-state index contributed by atoms with van der Waals surface area (Å²) in [7, 11) is 0. The van der Waals surface area contributed by atoms with Crippen LogP contribution in [0.4, 0.5) is 0 Å². The summed E-state index contributed by atoms with van der Waals surface area (Å²) in [5.74, 6) is -0.444. The molecule has 0 aromatic heterocycles. The lowest BCUT2D eigenvalue weighted by Gasteiger charge is -2.40. The maximum absolute atomic E-state index is 9.85. The standard InChI is InChI=1S/C11H14ClNO4.ClH/c12-7-3-1-6(2-4-7)8-5-9(14)13(17)11(16)10(8)15;/h1-4,8-11,14-17H,5H2;1H. The van der Waals surface area contributed by atoms with Crippen LogP contribution >= 0.6 is 24.0 Å². The molecule has 1 aromatic rings. The van der Waals surface area contributed by atoms with Crippen LogP contribution in [0.5, 0.6) is 0 Å². The first-order valence-corrected chi connectivity index (χ1v) is 5.65. The third kappa shape index (κ3) is 2.95. The van der Waals surface area contributed by atoms with Gasteiger partial charge < -0.3 is 20.5 Å². The van der Waals surface area contributed by atoms with Gasteiger partial charge in [-0.25, -0.2) is 0 Å². The molecule has 1 fully saturated rings. The van der Waals surface area contributed by atoms with Crippen molar-refractivity contribution in [2.24, 2.45) is 0 Å². The minimum absolute atomic E-state index is 0. The zero-order chi connectivity index (χ0) is 12.6. The van der Waals surface area contributed by atoms with E-state index in [4.69, 9.17) is 11.6 Å². The van der Waals surface area contributed by atoms with Gasteiger partial charge in [-0.15, -0.1) is 17.5 Å². The van der Waals surface area contributed by atoms with E-state index in [2.05, 4.69) is 0 Å². The van der Waals surface area contributed by atoms with Crippen molar-refractivity contribution < 1.29 is 20.5 Å². The van der Waals surface area contributed by atoms with Crippen LogP contribution < -0.4 is 0 Å². The van der Waals surface area contributed by atoms with Crippen LogP contribution in [0.2, 0.25) is 5.02 Å². The summed E-state index contributed by atoms with van der Waals surface area (Å²) in [6.07, 6.45) is -3.73. The second-order valence-corrected chi connectivity index (χ2v) is 4.60. The third-order valence-corrected chi connectivity index (χ3v) is 3.31. The largest absolute Gasteiger partial charge is 0.388 e. The Balaban J connectivity index is 0.00000162. The van der Waals surface area contributed by atoms with E-state index in [1.807, 2.05) is 0 Å². The average Bonchev–Trinajstić information content (AvgIpc) is 2.32. The first kappa shape index (κ1) is 15.7. The molecule has 1 aliphatic heterocycles. The molecule has 5 nitrogen and oxygen atoms in total. The zero-order valence-electron chi connectivity index (χ0n) is 9.35. The molecule has 0 radical (unpaired) electrons. The number of nitrogens with zero attached hydrogens (tertiary/aromatic N) is 1. The Labute approximate surface area is 116 Å². The van der Waals surface area contributed by atoms with Crippen molar-refractivity contribution in [3.8, 4) is 0 Å². The Morgan fingerprint density at radius 1 is 1.11 bits per heavy atom. The van der Waals surface area contributed by atoms with Gasteiger partial charge >= 0.3 is 0 Å². The molecule has 0 aliphatic carbocycles. The highest BCUT2D eigenvalue weighted by Gasteiger charge is 2.41. The Kier molecular flexibility index (Phi) is 5.36. The summed E-state index contributed by atoms with van der Waals surface area (Å²) >= 11 is 5.76. The quantitative estimate of drug-likeness (QED) is 0.620. The molecule has 1 heterocycles. The first-order valence-electron chi connectivity index (χ1n) is 5.27. The van der Waals surface area contributed by atoms with Gasteiger partial charge in [0.05, 0.1) is 0 Å². The first-order chi connectivity index (χ1) is 8.00. The van der Waals surface area contributed by atoms with E-state index < -0.39 is 24.5 Å². The number of piperidine rings is 1. The Bertz CT molecular complexity index is 389. The van der Waals surface area contributed by atoms with Crippen LogP contribution in [0.3, 0.4) is 0 Å². The SMILES string of the molecule is Cl.OC1C(c2ccc(Cl)cc2)CC(O)N(O)C1O. The molecule has 18 heavy (non-hydrogen) atoms. The predicted octanol–water partition coefficient (Wildman–Crippen LogP) is 0.938. The number of hydrogen-bond donors (Lipinski definition) is 4. The molecule has 7 heteroatoms. The van der Waals surface area contributed by atoms with Crippen molar-refractivity contribution in [1.29, 1.82) is 0 Å². The summed E-state index contributed by atoms with van der Waals surface area (Å²) in [5.41, 5.74) is 0.758. The van der Waals surface area contributed by atoms with E-state index in [-0.39, 0.29) is 18.8 Å². The van der Waals surface area contributed by atoms with Gasteiger partial charge in [0, 0.05) is 10.9 Å².